The van der Waals surface area contributed by atoms with E-state index in [1.54, 1.807) is 0 Å². The summed E-state index contributed by atoms with van der Waals surface area (Å²) in [7, 11) is 0. The van der Waals surface area contributed by atoms with E-state index in [0.717, 1.165) is 25.7 Å². The van der Waals surface area contributed by atoms with Crippen LogP contribution in [-0.4, -0.2) is 34.7 Å². The molecule has 3 amide bonds. The molecule has 27 heavy (non-hydrogen) atoms. The number of nitrogens with zero attached hydrogens (tertiary/aromatic N) is 1. The lowest BCUT2D eigenvalue weighted by molar-refractivity contribution is -0.148. The van der Waals surface area contributed by atoms with Crippen molar-refractivity contribution in [2.45, 2.75) is 90.1 Å². The molecule has 0 radical (unpaired) electrons. The van der Waals surface area contributed by atoms with Gasteiger partial charge < -0.3 is 5.32 Å². The number of rotatable bonds is 5. The van der Waals surface area contributed by atoms with Gasteiger partial charge in [-0.05, 0) is 38.0 Å². The predicted molar refractivity (Wildman–Crippen MR) is 105 cm³/mol. The molecule has 1 aliphatic heterocycles. The molecule has 2 fully saturated rings. The Labute approximate surface area is 162 Å². The first-order valence-corrected chi connectivity index (χ1v) is 10.8. The zero-order valence-corrected chi connectivity index (χ0v) is 16.8. The van der Waals surface area contributed by atoms with Crippen molar-refractivity contribution in [3.63, 3.8) is 0 Å². The number of fused-ring (bicyclic) bond motifs is 1. The van der Waals surface area contributed by atoms with Crippen molar-refractivity contribution in [1.29, 1.82) is 0 Å². The minimum absolute atomic E-state index is 0.137. The van der Waals surface area contributed by atoms with Gasteiger partial charge in [0.2, 0.25) is 17.7 Å². The Morgan fingerprint density at radius 2 is 1.52 bits per heavy atom. The minimum Gasteiger partial charge on any atom is -0.352 e. The van der Waals surface area contributed by atoms with Gasteiger partial charge in [0.15, 0.2) is 0 Å². The number of hydrogen-bond acceptors (Lipinski definition) is 3. The molecule has 0 bridgehead atoms. The van der Waals surface area contributed by atoms with Gasteiger partial charge in [0, 0.05) is 6.04 Å². The van der Waals surface area contributed by atoms with Crippen LogP contribution in [-0.2, 0) is 14.4 Å². The summed E-state index contributed by atoms with van der Waals surface area (Å²) < 4.78 is 0. The van der Waals surface area contributed by atoms with E-state index >= 15 is 0 Å². The van der Waals surface area contributed by atoms with Crippen LogP contribution in [0.1, 0.15) is 78.1 Å². The Morgan fingerprint density at radius 3 is 2.04 bits per heavy atom. The minimum atomic E-state index is -0.666. The van der Waals surface area contributed by atoms with Gasteiger partial charge >= 0.3 is 0 Å². The van der Waals surface area contributed by atoms with E-state index in [1.165, 1.54) is 24.2 Å². The number of allylic oxidation sites excluding steroid dienone is 2. The summed E-state index contributed by atoms with van der Waals surface area (Å²) in [6, 6.07) is -0.495. The second kappa shape index (κ2) is 9.03. The second-order valence-electron chi connectivity index (χ2n) is 8.90. The first-order valence-electron chi connectivity index (χ1n) is 10.8. The number of nitrogens with one attached hydrogen (secondary N) is 1. The van der Waals surface area contributed by atoms with Crippen molar-refractivity contribution in [3.8, 4) is 0 Å². The highest BCUT2D eigenvalue weighted by atomic mass is 16.2. The first-order chi connectivity index (χ1) is 13.0. The van der Waals surface area contributed by atoms with Crippen LogP contribution in [0.3, 0.4) is 0 Å². The zero-order valence-electron chi connectivity index (χ0n) is 16.8. The molecule has 1 saturated carbocycles. The highest BCUT2D eigenvalue weighted by Gasteiger charge is 2.51. The van der Waals surface area contributed by atoms with Crippen LogP contribution in [0.5, 0.6) is 0 Å². The summed E-state index contributed by atoms with van der Waals surface area (Å²) in [4.78, 5) is 40.4. The number of likely N-dealkylation sites (tertiary alicyclic amines) is 1. The fourth-order valence-electron chi connectivity index (χ4n) is 4.81. The van der Waals surface area contributed by atoms with E-state index in [4.69, 9.17) is 0 Å². The Kier molecular flexibility index (Phi) is 6.72. The molecule has 1 saturated heterocycles. The first kappa shape index (κ1) is 20.1. The van der Waals surface area contributed by atoms with E-state index in [-0.39, 0.29) is 41.5 Å². The third-order valence-corrected chi connectivity index (χ3v) is 6.30. The highest BCUT2D eigenvalue weighted by Crippen LogP contribution is 2.37. The summed E-state index contributed by atoms with van der Waals surface area (Å²) in [5.41, 5.74) is 0. The molecular weight excluding hydrogens is 340 g/mol. The summed E-state index contributed by atoms with van der Waals surface area (Å²) in [5.74, 6) is -0.736. The Balaban J connectivity index is 1.73. The van der Waals surface area contributed by atoms with E-state index in [1.807, 2.05) is 26.0 Å². The quantitative estimate of drug-likeness (QED) is 0.591. The van der Waals surface area contributed by atoms with Crippen LogP contribution >= 0.6 is 0 Å². The Bertz CT molecular complexity index is 564. The van der Waals surface area contributed by atoms with Crippen LogP contribution in [0.2, 0.25) is 0 Å². The molecule has 2 aliphatic carbocycles. The van der Waals surface area contributed by atoms with E-state index < -0.39 is 6.04 Å². The van der Waals surface area contributed by atoms with Crippen LogP contribution in [0.15, 0.2) is 12.2 Å². The van der Waals surface area contributed by atoms with Crippen molar-refractivity contribution >= 4 is 17.7 Å². The van der Waals surface area contributed by atoms with E-state index in [0.29, 0.717) is 19.3 Å². The average molecular weight is 375 g/mol. The molecule has 0 aromatic rings. The smallest absolute Gasteiger partial charge is 0.243 e. The fourth-order valence-corrected chi connectivity index (χ4v) is 4.81. The molecule has 5 nitrogen and oxygen atoms in total. The molecular formula is C22H34N2O3. The van der Waals surface area contributed by atoms with Crippen LogP contribution in [0, 0.1) is 17.8 Å². The molecule has 1 N–H and O–H groups in total. The van der Waals surface area contributed by atoms with E-state index in [2.05, 4.69) is 5.32 Å². The normalized spacial score (nSPS) is 28.0. The van der Waals surface area contributed by atoms with Crippen molar-refractivity contribution in [2.75, 3.05) is 0 Å². The topological polar surface area (TPSA) is 66.5 Å². The molecule has 0 aromatic heterocycles. The monoisotopic (exact) mass is 374 g/mol. The van der Waals surface area contributed by atoms with Crippen molar-refractivity contribution in [3.05, 3.63) is 12.2 Å². The molecule has 0 aromatic carbocycles. The van der Waals surface area contributed by atoms with Crippen LogP contribution < -0.4 is 5.32 Å². The van der Waals surface area contributed by atoms with Gasteiger partial charge in [0.05, 0.1) is 11.8 Å². The Hall–Kier alpha value is -1.65. The van der Waals surface area contributed by atoms with Crippen molar-refractivity contribution < 1.29 is 14.4 Å². The lowest BCUT2D eigenvalue weighted by atomic mass is 9.85. The van der Waals surface area contributed by atoms with Gasteiger partial charge in [-0.15, -0.1) is 0 Å². The summed E-state index contributed by atoms with van der Waals surface area (Å²) in [6.45, 7) is 4.07. The zero-order chi connectivity index (χ0) is 19.4. The number of carbonyl (C=O) groups is 3. The number of imide groups is 1. The third kappa shape index (κ3) is 4.61. The summed E-state index contributed by atoms with van der Waals surface area (Å²) >= 11 is 0. The summed E-state index contributed by atoms with van der Waals surface area (Å²) in [5, 5.41) is 3.19. The molecule has 150 valence electrons. The SMILES string of the molecule is CC(C)C[C@@H](C(=O)NC1CCCCCCC1)N1C(=O)[C@H]2CC=CC[C@H]2C1=O. The van der Waals surface area contributed by atoms with Crippen molar-refractivity contribution in [1.82, 2.24) is 10.2 Å². The van der Waals surface area contributed by atoms with Crippen LogP contribution in [0.25, 0.3) is 0 Å². The highest BCUT2D eigenvalue weighted by molar-refractivity contribution is 6.08. The third-order valence-electron chi connectivity index (χ3n) is 6.30. The predicted octanol–water partition coefficient (Wildman–Crippen LogP) is 3.58. The van der Waals surface area contributed by atoms with Gasteiger partial charge in [-0.25, -0.2) is 0 Å². The van der Waals surface area contributed by atoms with E-state index in [9.17, 15) is 14.4 Å². The largest absolute Gasteiger partial charge is 0.352 e. The Morgan fingerprint density at radius 1 is 1.00 bits per heavy atom. The molecule has 3 aliphatic rings. The van der Waals surface area contributed by atoms with Gasteiger partial charge in [0.1, 0.15) is 6.04 Å². The second-order valence-corrected chi connectivity index (χ2v) is 8.90. The van der Waals surface area contributed by atoms with Gasteiger partial charge in [-0.2, -0.15) is 0 Å². The van der Waals surface area contributed by atoms with Gasteiger partial charge in [-0.1, -0.05) is 58.1 Å². The molecule has 5 heteroatoms. The maximum Gasteiger partial charge on any atom is 0.243 e. The summed E-state index contributed by atoms with van der Waals surface area (Å²) in [6.07, 6.45) is 13.7. The number of amides is 3. The fraction of sp³-hybridized carbons (Fsp3) is 0.773. The maximum absolute atomic E-state index is 13.2. The van der Waals surface area contributed by atoms with Crippen molar-refractivity contribution in [2.24, 2.45) is 17.8 Å². The maximum atomic E-state index is 13.2. The lowest BCUT2D eigenvalue weighted by Gasteiger charge is -2.30. The molecule has 0 spiro atoms. The molecule has 1 heterocycles. The molecule has 3 atom stereocenters. The molecule has 0 unspecified atom stereocenters. The lowest BCUT2D eigenvalue weighted by Crippen LogP contribution is -2.52. The number of carbonyl (C=O) groups excluding carboxylic acids is 3. The van der Waals surface area contributed by atoms with Gasteiger partial charge in [-0.3, -0.25) is 19.3 Å². The number of hydrogen-bond donors (Lipinski definition) is 1. The van der Waals surface area contributed by atoms with Crippen LogP contribution in [0.4, 0.5) is 0 Å². The van der Waals surface area contributed by atoms with Gasteiger partial charge in [0.25, 0.3) is 0 Å². The molecule has 3 rings (SSSR count). The average Bonchev–Trinajstić information content (AvgIpc) is 2.86. The standard InChI is InChI=1S/C22H34N2O3/c1-15(2)14-19(20(25)23-16-10-6-4-3-5-7-11-16)24-21(26)17-12-8-9-13-18(17)22(24)27/h8-9,15-19H,3-7,10-14H2,1-2H3,(H,23,25)/t17-,18+,19-/m0/s1.